The number of nitrogens with zero attached hydrogens (tertiary/aromatic N) is 3. The van der Waals surface area contributed by atoms with E-state index in [0.29, 0.717) is 30.9 Å². The summed E-state index contributed by atoms with van der Waals surface area (Å²) in [5.74, 6) is -0.318. The summed E-state index contributed by atoms with van der Waals surface area (Å²) >= 11 is 0. The van der Waals surface area contributed by atoms with E-state index in [2.05, 4.69) is 28.8 Å². The first-order chi connectivity index (χ1) is 25.0. The minimum Gasteiger partial charge on any atom is -0.492 e. The number of carbonyl (C=O) groups is 1. The number of methoxy groups -OCH3 is 1. The fourth-order valence-electron chi connectivity index (χ4n) is 8.26. The lowest BCUT2D eigenvalue weighted by atomic mass is 9.55. The number of ether oxygens (including phenoxy) is 5. The lowest BCUT2D eigenvalue weighted by Crippen LogP contribution is -2.70. The van der Waals surface area contributed by atoms with E-state index in [1.807, 2.05) is 12.1 Å². The summed E-state index contributed by atoms with van der Waals surface area (Å²) in [6.45, 7) is 8.28. The van der Waals surface area contributed by atoms with Gasteiger partial charge in [-0.3, -0.25) is 9.80 Å². The van der Waals surface area contributed by atoms with E-state index >= 15 is 0 Å². The summed E-state index contributed by atoms with van der Waals surface area (Å²) in [4.78, 5) is 23.0. The number of allylic oxidation sites excluding steroid dienone is 1. The number of benzene rings is 1. The van der Waals surface area contributed by atoms with Crippen LogP contribution in [-0.2, 0) is 19.0 Å². The van der Waals surface area contributed by atoms with Crippen molar-refractivity contribution in [1.82, 2.24) is 9.80 Å². The fourth-order valence-corrected chi connectivity index (χ4v) is 8.26. The zero-order valence-corrected chi connectivity index (χ0v) is 30.2. The molecule has 51 heavy (non-hydrogen) atoms. The van der Waals surface area contributed by atoms with E-state index in [1.54, 1.807) is 11.0 Å². The Morgan fingerprint density at radius 3 is 2.55 bits per heavy atom. The largest absolute Gasteiger partial charge is 0.492 e. The van der Waals surface area contributed by atoms with Crippen molar-refractivity contribution in [1.29, 1.82) is 0 Å². The van der Waals surface area contributed by atoms with Crippen molar-refractivity contribution in [3.05, 3.63) is 48.1 Å². The van der Waals surface area contributed by atoms with Gasteiger partial charge < -0.3 is 43.8 Å². The van der Waals surface area contributed by atoms with E-state index in [-0.39, 0.29) is 70.4 Å². The van der Waals surface area contributed by atoms with Crippen molar-refractivity contribution in [3.8, 4) is 11.5 Å². The van der Waals surface area contributed by atoms with Gasteiger partial charge in [0.15, 0.2) is 0 Å². The molecule has 0 spiro atoms. The molecule has 0 radical (unpaired) electrons. The van der Waals surface area contributed by atoms with Crippen LogP contribution in [0.15, 0.2) is 47.7 Å². The maximum absolute atomic E-state index is 13.7. The standard InChI is InChI=1S/C38H57N3O10/c1-4-20-50-38-34(41(37(45)46-2)16-21-48-23-19-44)26-32(39-47-3)30-24-27(9-5-7-17-42)29(10-6-8-18-43)35(36(30)38)31-25-28(11-12-33(31)51-38)49-22-15-40-13-14-40/h4,11-12,24-25,27,29,34-36,42-44H,1,5-10,13-23,26H2,2-3H3/t27-,29+,34-,35+,36+,38+/m0/s1. The quantitative estimate of drug-likeness (QED) is 0.0698. The van der Waals surface area contributed by atoms with Gasteiger partial charge in [-0.2, -0.15) is 0 Å². The van der Waals surface area contributed by atoms with Gasteiger partial charge in [0.25, 0.3) is 0 Å². The first kappa shape index (κ1) is 39.0. The Morgan fingerprint density at radius 2 is 1.86 bits per heavy atom. The highest BCUT2D eigenvalue weighted by Gasteiger charge is 2.65. The Hall–Kier alpha value is -3.20. The van der Waals surface area contributed by atoms with Crippen LogP contribution >= 0.6 is 0 Å². The number of amides is 1. The molecule has 2 aliphatic carbocycles. The van der Waals surface area contributed by atoms with Crippen LogP contribution in [0, 0.1) is 17.8 Å². The molecule has 1 aromatic rings. The molecule has 0 aromatic heterocycles. The predicted octanol–water partition coefficient (Wildman–Crippen LogP) is 3.72. The van der Waals surface area contributed by atoms with Gasteiger partial charge >= 0.3 is 6.09 Å². The monoisotopic (exact) mass is 715 g/mol. The summed E-state index contributed by atoms with van der Waals surface area (Å²) < 4.78 is 31.3. The molecule has 3 N–H and O–H groups in total. The molecule has 2 fully saturated rings. The Balaban J connectivity index is 1.70. The minimum absolute atomic E-state index is 0.105. The molecule has 0 unspecified atom stereocenters. The van der Waals surface area contributed by atoms with Crippen LogP contribution in [0.3, 0.4) is 0 Å². The SMILES string of the molecule is C=CCO[C@@]12Oc3ccc(OCCN4CC4)cc3[C@H]3[C@H](CCCCO)[C@@H](CCCCO)C=C(C(=NOC)C[C@@H]1N(CCOCCO)C(=O)OC)[C@H]32. The molecular weight excluding hydrogens is 658 g/mol. The summed E-state index contributed by atoms with van der Waals surface area (Å²) in [5, 5.41) is 33.4. The molecule has 5 rings (SSSR count). The number of hydrogen-bond donors (Lipinski definition) is 3. The van der Waals surface area contributed by atoms with Gasteiger partial charge in [0.05, 0.1) is 45.2 Å². The molecule has 1 saturated carbocycles. The van der Waals surface area contributed by atoms with Crippen molar-refractivity contribution in [3.63, 3.8) is 0 Å². The van der Waals surface area contributed by atoms with E-state index in [4.69, 9.17) is 28.5 Å². The zero-order chi connectivity index (χ0) is 36.2. The van der Waals surface area contributed by atoms with Crippen LogP contribution in [0.5, 0.6) is 11.5 Å². The van der Waals surface area contributed by atoms with Gasteiger partial charge in [-0.1, -0.05) is 30.1 Å². The van der Waals surface area contributed by atoms with Crippen LogP contribution in [0.4, 0.5) is 4.79 Å². The molecule has 284 valence electrons. The number of oxime groups is 1. The minimum atomic E-state index is -1.39. The smallest absolute Gasteiger partial charge is 0.410 e. The molecule has 1 saturated heterocycles. The van der Waals surface area contributed by atoms with E-state index in [9.17, 15) is 20.1 Å². The van der Waals surface area contributed by atoms with Crippen molar-refractivity contribution < 1.29 is 48.6 Å². The molecule has 6 atom stereocenters. The van der Waals surface area contributed by atoms with Crippen LogP contribution < -0.4 is 9.47 Å². The molecule has 2 heterocycles. The molecule has 2 aliphatic heterocycles. The Labute approximate surface area is 301 Å². The lowest BCUT2D eigenvalue weighted by molar-refractivity contribution is -0.255. The lowest BCUT2D eigenvalue weighted by Gasteiger charge is -2.59. The van der Waals surface area contributed by atoms with Gasteiger partial charge in [-0.15, -0.1) is 6.58 Å². The van der Waals surface area contributed by atoms with Gasteiger partial charge in [-0.25, -0.2) is 4.79 Å². The van der Waals surface area contributed by atoms with Crippen molar-refractivity contribution >= 4 is 11.8 Å². The number of hydrogen-bond acceptors (Lipinski definition) is 12. The third kappa shape index (κ3) is 9.06. The van der Waals surface area contributed by atoms with E-state index < -0.39 is 23.8 Å². The predicted molar refractivity (Wildman–Crippen MR) is 191 cm³/mol. The third-order valence-electron chi connectivity index (χ3n) is 10.6. The molecule has 13 heteroatoms. The fraction of sp³-hybridized carbons (Fsp3) is 0.684. The highest BCUT2D eigenvalue weighted by atomic mass is 16.7. The van der Waals surface area contributed by atoms with Crippen molar-refractivity contribution in [2.75, 3.05) is 86.6 Å². The van der Waals surface area contributed by atoms with Gasteiger partial charge in [0.2, 0.25) is 5.79 Å². The number of rotatable bonds is 22. The van der Waals surface area contributed by atoms with Crippen LogP contribution in [0.2, 0.25) is 0 Å². The normalized spacial score (nSPS) is 27.1. The van der Waals surface area contributed by atoms with Crippen molar-refractivity contribution in [2.24, 2.45) is 22.9 Å². The number of fused-ring (bicyclic) bond motifs is 2. The first-order valence-electron chi connectivity index (χ1n) is 18.5. The highest BCUT2D eigenvalue weighted by Crippen LogP contribution is 2.61. The average molecular weight is 716 g/mol. The topological polar surface area (TPSA) is 152 Å². The molecule has 0 bridgehead atoms. The second kappa shape index (κ2) is 19.0. The molecule has 13 nitrogen and oxygen atoms in total. The van der Waals surface area contributed by atoms with Crippen LogP contribution in [0.25, 0.3) is 0 Å². The summed E-state index contributed by atoms with van der Waals surface area (Å²) in [6, 6.07) is 5.26. The number of aliphatic hydroxyl groups is 3. The maximum Gasteiger partial charge on any atom is 0.410 e. The summed E-state index contributed by atoms with van der Waals surface area (Å²) in [6.07, 6.45) is 8.41. The summed E-state index contributed by atoms with van der Waals surface area (Å²) in [5.41, 5.74) is 2.65. The average Bonchev–Trinajstić information content (AvgIpc) is 3.97. The number of aliphatic hydroxyl groups excluding tert-OH is 3. The maximum atomic E-state index is 13.7. The molecule has 1 amide bonds. The second-order valence-electron chi connectivity index (χ2n) is 13.6. The second-order valence-corrected chi connectivity index (χ2v) is 13.6. The Bertz CT molecular complexity index is 1350. The molecular formula is C38H57N3O10. The first-order valence-corrected chi connectivity index (χ1v) is 18.5. The highest BCUT2D eigenvalue weighted by molar-refractivity contribution is 6.02. The Morgan fingerprint density at radius 1 is 1.08 bits per heavy atom. The van der Waals surface area contributed by atoms with Crippen LogP contribution in [0.1, 0.15) is 56.4 Å². The zero-order valence-electron chi connectivity index (χ0n) is 30.2. The van der Waals surface area contributed by atoms with Gasteiger partial charge in [0, 0.05) is 57.3 Å². The van der Waals surface area contributed by atoms with Gasteiger partial charge in [-0.05, 0) is 61.3 Å². The number of unbranched alkanes of at least 4 members (excludes halogenated alkanes) is 2. The molecule has 1 aromatic carbocycles. The van der Waals surface area contributed by atoms with Crippen molar-refractivity contribution in [2.45, 2.75) is 62.7 Å². The van der Waals surface area contributed by atoms with E-state index in [0.717, 1.165) is 62.2 Å². The number of carbonyl (C=O) groups excluding carboxylic acids is 1. The van der Waals surface area contributed by atoms with Crippen LogP contribution in [-0.4, -0.2) is 135 Å². The van der Waals surface area contributed by atoms with Gasteiger partial charge in [0.1, 0.15) is 31.3 Å². The Kier molecular flexibility index (Phi) is 14.6. The third-order valence-corrected chi connectivity index (χ3v) is 10.6. The van der Waals surface area contributed by atoms with E-state index in [1.165, 1.54) is 14.2 Å². The summed E-state index contributed by atoms with van der Waals surface area (Å²) in [7, 11) is 2.86. The molecule has 4 aliphatic rings.